The fourth-order valence-electron chi connectivity index (χ4n) is 3.19. The summed E-state index contributed by atoms with van der Waals surface area (Å²) < 4.78 is 54.8. The topological polar surface area (TPSA) is 72.5 Å². The SMILES string of the molecule is O=C(Nc1cccc(S(=O)(=O)C2CCCC2)c1)c1ccccc1OC(F)F. The number of rotatable bonds is 6. The molecular formula is C19H19F2NO4S. The molecule has 0 bridgehead atoms. The van der Waals surface area contributed by atoms with Crippen LogP contribution in [0.15, 0.2) is 53.4 Å². The summed E-state index contributed by atoms with van der Waals surface area (Å²) in [4.78, 5) is 12.6. The van der Waals surface area contributed by atoms with Gasteiger partial charge in [-0.05, 0) is 43.2 Å². The number of hydrogen-bond donors (Lipinski definition) is 1. The molecule has 0 radical (unpaired) electrons. The van der Waals surface area contributed by atoms with Gasteiger partial charge in [0.25, 0.3) is 5.91 Å². The van der Waals surface area contributed by atoms with E-state index >= 15 is 0 Å². The van der Waals surface area contributed by atoms with E-state index in [1.54, 1.807) is 12.1 Å². The third-order valence-corrected chi connectivity index (χ3v) is 6.77. The molecule has 0 saturated heterocycles. The molecule has 2 aromatic carbocycles. The zero-order valence-corrected chi connectivity index (χ0v) is 15.2. The lowest BCUT2D eigenvalue weighted by atomic mass is 10.2. The number of carbonyl (C=O) groups is 1. The Balaban J connectivity index is 1.82. The van der Waals surface area contributed by atoms with Crippen LogP contribution < -0.4 is 10.1 Å². The van der Waals surface area contributed by atoms with Crippen molar-refractivity contribution in [3.63, 3.8) is 0 Å². The molecule has 2 aromatic rings. The molecule has 1 amide bonds. The lowest BCUT2D eigenvalue weighted by Crippen LogP contribution is -2.18. The number of sulfone groups is 1. The molecule has 27 heavy (non-hydrogen) atoms. The minimum atomic E-state index is -3.46. The first kappa shape index (κ1) is 19.3. The average Bonchev–Trinajstić information content (AvgIpc) is 3.17. The van der Waals surface area contributed by atoms with E-state index in [9.17, 15) is 22.0 Å². The van der Waals surface area contributed by atoms with Gasteiger partial charge in [-0.15, -0.1) is 0 Å². The van der Waals surface area contributed by atoms with Crippen LogP contribution in [-0.4, -0.2) is 26.2 Å². The van der Waals surface area contributed by atoms with E-state index in [4.69, 9.17) is 0 Å². The van der Waals surface area contributed by atoms with Crippen LogP contribution in [0.1, 0.15) is 36.0 Å². The van der Waals surface area contributed by atoms with Gasteiger partial charge < -0.3 is 10.1 Å². The molecule has 0 unspecified atom stereocenters. The maximum atomic E-state index is 12.7. The van der Waals surface area contributed by atoms with E-state index in [0.29, 0.717) is 12.8 Å². The van der Waals surface area contributed by atoms with Crippen LogP contribution in [0.25, 0.3) is 0 Å². The Bertz CT molecular complexity index is 925. The van der Waals surface area contributed by atoms with E-state index in [0.717, 1.165) is 12.8 Å². The third-order valence-electron chi connectivity index (χ3n) is 4.51. The van der Waals surface area contributed by atoms with E-state index in [-0.39, 0.29) is 21.9 Å². The van der Waals surface area contributed by atoms with Gasteiger partial charge in [0, 0.05) is 5.69 Å². The highest BCUT2D eigenvalue weighted by atomic mass is 32.2. The Kier molecular flexibility index (Phi) is 5.74. The summed E-state index contributed by atoms with van der Waals surface area (Å²) in [5, 5.41) is 2.15. The first-order chi connectivity index (χ1) is 12.9. The van der Waals surface area contributed by atoms with Crippen molar-refractivity contribution in [1.82, 2.24) is 0 Å². The molecule has 1 saturated carbocycles. The Morgan fingerprint density at radius 1 is 1.07 bits per heavy atom. The molecule has 0 aliphatic heterocycles. The highest BCUT2D eigenvalue weighted by Gasteiger charge is 2.30. The molecule has 1 fully saturated rings. The number of ether oxygens (including phenoxy) is 1. The Hall–Kier alpha value is -2.48. The van der Waals surface area contributed by atoms with Gasteiger partial charge in [0.2, 0.25) is 0 Å². The number of hydrogen-bond acceptors (Lipinski definition) is 4. The monoisotopic (exact) mass is 395 g/mol. The molecule has 1 aliphatic carbocycles. The number of carbonyl (C=O) groups excluding carboxylic acids is 1. The van der Waals surface area contributed by atoms with Crippen molar-refractivity contribution >= 4 is 21.4 Å². The molecule has 0 spiro atoms. The van der Waals surface area contributed by atoms with E-state index in [1.807, 2.05) is 0 Å². The number of nitrogens with one attached hydrogen (secondary N) is 1. The average molecular weight is 395 g/mol. The van der Waals surface area contributed by atoms with Crippen LogP contribution in [0.3, 0.4) is 0 Å². The second kappa shape index (κ2) is 8.04. The fraction of sp³-hybridized carbons (Fsp3) is 0.316. The fourth-order valence-corrected chi connectivity index (χ4v) is 5.09. The minimum absolute atomic E-state index is 0.0677. The maximum Gasteiger partial charge on any atom is 0.387 e. The van der Waals surface area contributed by atoms with Gasteiger partial charge in [0.15, 0.2) is 9.84 Å². The van der Waals surface area contributed by atoms with Crippen molar-refractivity contribution in [2.24, 2.45) is 0 Å². The third kappa shape index (κ3) is 4.44. The first-order valence-electron chi connectivity index (χ1n) is 8.57. The smallest absolute Gasteiger partial charge is 0.387 e. The van der Waals surface area contributed by atoms with Gasteiger partial charge >= 0.3 is 6.61 Å². The van der Waals surface area contributed by atoms with E-state index in [1.165, 1.54) is 36.4 Å². The van der Waals surface area contributed by atoms with Crippen LogP contribution in [0, 0.1) is 0 Å². The minimum Gasteiger partial charge on any atom is -0.434 e. The lowest BCUT2D eigenvalue weighted by molar-refractivity contribution is -0.0501. The Morgan fingerprint density at radius 2 is 1.78 bits per heavy atom. The van der Waals surface area contributed by atoms with E-state index in [2.05, 4.69) is 10.1 Å². The summed E-state index contributed by atoms with van der Waals surface area (Å²) in [6.07, 6.45) is 3.05. The van der Waals surface area contributed by atoms with Crippen LogP contribution in [-0.2, 0) is 9.84 Å². The molecule has 1 N–H and O–H groups in total. The Morgan fingerprint density at radius 3 is 2.48 bits per heavy atom. The molecule has 144 valence electrons. The number of amides is 1. The number of para-hydroxylation sites is 1. The van der Waals surface area contributed by atoms with Gasteiger partial charge in [-0.2, -0.15) is 8.78 Å². The molecule has 8 heteroatoms. The van der Waals surface area contributed by atoms with Crippen molar-refractivity contribution in [1.29, 1.82) is 0 Å². The lowest BCUT2D eigenvalue weighted by Gasteiger charge is -2.13. The van der Waals surface area contributed by atoms with Crippen molar-refractivity contribution in [2.75, 3.05) is 5.32 Å². The largest absolute Gasteiger partial charge is 0.434 e. The number of anilines is 1. The van der Waals surface area contributed by atoms with Crippen LogP contribution >= 0.6 is 0 Å². The molecule has 0 atom stereocenters. The normalized spacial score (nSPS) is 15.1. The standard InChI is InChI=1S/C19H19F2NO4S/c20-19(21)26-17-11-4-3-10-16(17)18(23)22-13-6-5-9-15(12-13)27(24,25)14-7-1-2-8-14/h3-6,9-12,14,19H,1-2,7-8H2,(H,22,23). The highest BCUT2D eigenvalue weighted by Crippen LogP contribution is 2.30. The molecule has 1 aliphatic rings. The summed E-state index contributed by atoms with van der Waals surface area (Å²) in [7, 11) is -3.46. The summed E-state index contributed by atoms with van der Waals surface area (Å²) in [5.41, 5.74) is 0.202. The molecule has 0 aromatic heterocycles. The quantitative estimate of drug-likeness (QED) is 0.793. The molecular weight excluding hydrogens is 376 g/mol. The Labute approximate surface area is 156 Å². The zero-order chi connectivity index (χ0) is 19.4. The van der Waals surface area contributed by atoms with Gasteiger partial charge in [0.05, 0.1) is 15.7 Å². The number of benzene rings is 2. The van der Waals surface area contributed by atoms with Crippen LogP contribution in [0.4, 0.5) is 14.5 Å². The van der Waals surface area contributed by atoms with Crippen LogP contribution in [0.5, 0.6) is 5.75 Å². The predicted octanol–water partition coefficient (Wildman–Crippen LogP) is 4.26. The zero-order valence-electron chi connectivity index (χ0n) is 14.4. The predicted molar refractivity (Wildman–Crippen MR) is 96.9 cm³/mol. The van der Waals surface area contributed by atoms with E-state index < -0.39 is 27.6 Å². The highest BCUT2D eigenvalue weighted by molar-refractivity contribution is 7.92. The van der Waals surface area contributed by atoms with Gasteiger partial charge in [-0.25, -0.2) is 8.42 Å². The molecule has 0 heterocycles. The summed E-state index contributed by atoms with van der Waals surface area (Å²) in [6, 6.07) is 11.6. The first-order valence-corrected chi connectivity index (χ1v) is 10.1. The second-order valence-electron chi connectivity index (χ2n) is 6.31. The number of alkyl halides is 2. The summed E-state index contributed by atoms with van der Waals surface area (Å²) in [6.45, 7) is -3.06. The number of halogens is 2. The van der Waals surface area contributed by atoms with Crippen molar-refractivity contribution in [3.05, 3.63) is 54.1 Å². The van der Waals surface area contributed by atoms with Gasteiger partial charge in [0.1, 0.15) is 5.75 Å². The maximum absolute atomic E-state index is 12.7. The molecule has 3 rings (SSSR count). The van der Waals surface area contributed by atoms with Crippen LogP contribution in [0.2, 0.25) is 0 Å². The molecule has 5 nitrogen and oxygen atoms in total. The van der Waals surface area contributed by atoms with Gasteiger partial charge in [-0.1, -0.05) is 31.0 Å². The summed E-state index contributed by atoms with van der Waals surface area (Å²) in [5.74, 6) is -0.915. The van der Waals surface area contributed by atoms with Crippen molar-refractivity contribution < 1.29 is 26.7 Å². The van der Waals surface area contributed by atoms with Crippen molar-refractivity contribution in [3.8, 4) is 5.75 Å². The van der Waals surface area contributed by atoms with Gasteiger partial charge in [-0.3, -0.25) is 4.79 Å². The van der Waals surface area contributed by atoms with Crippen molar-refractivity contribution in [2.45, 2.75) is 42.4 Å². The summed E-state index contributed by atoms with van der Waals surface area (Å²) >= 11 is 0. The second-order valence-corrected chi connectivity index (χ2v) is 8.54.